The van der Waals surface area contributed by atoms with E-state index < -0.39 is 12.0 Å². The van der Waals surface area contributed by atoms with Gasteiger partial charge in [0, 0.05) is 23.9 Å². The molecule has 0 heterocycles. The van der Waals surface area contributed by atoms with Crippen molar-refractivity contribution in [1.82, 2.24) is 10.6 Å². The highest BCUT2D eigenvalue weighted by molar-refractivity contribution is 7.99. The number of esters is 1. The average molecular weight is 571 g/mol. The second-order valence-corrected chi connectivity index (χ2v) is 12.8. The average Bonchev–Trinajstić information content (AvgIpc) is 2.96. The van der Waals surface area contributed by atoms with E-state index in [9.17, 15) is 9.59 Å². The molecule has 0 aliphatic heterocycles. The summed E-state index contributed by atoms with van der Waals surface area (Å²) in [5.41, 5.74) is 4.77. The Bertz CT molecular complexity index is 1060. The van der Waals surface area contributed by atoms with Gasteiger partial charge >= 0.3 is 5.97 Å². The van der Waals surface area contributed by atoms with Gasteiger partial charge in [0.1, 0.15) is 6.04 Å². The smallest absolute Gasteiger partial charge is 0.328 e. The van der Waals surface area contributed by atoms with Crippen molar-refractivity contribution in [2.75, 3.05) is 30.6 Å². The zero-order valence-electron chi connectivity index (χ0n) is 24.1. The third-order valence-electron chi connectivity index (χ3n) is 7.63. The molecule has 214 valence electrons. The van der Waals surface area contributed by atoms with E-state index in [1.165, 1.54) is 45.6 Å². The Morgan fingerprint density at radius 3 is 2.54 bits per heavy atom. The van der Waals surface area contributed by atoms with E-state index in [0.29, 0.717) is 18.0 Å². The van der Waals surface area contributed by atoms with Crippen LogP contribution in [0, 0.1) is 12.8 Å². The molecule has 1 aliphatic carbocycles. The van der Waals surface area contributed by atoms with E-state index >= 15 is 0 Å². The van der Waals surface area contributed by atoms with Crippen LogP contribution in [-0.4, -0.2) is 54.6 Å². The Labute approximate surface area is 244 Å². The fraction of sp³-hybridized carbons (Fsp3) is 0.562. The van der Waals surface area contributed by atoms with Crippen LogP contribution in [0.5, 0.6) is 0 Å². The summed E-state index contributed by atoms with van der Waals surface area (Å²) in [7, 11) is 1.36. The Morgan fingerprint density at radius 2 is 1.85 bits per heavy atom. The molecule has 0 aromatic heterocycles. The molecule has 0 spiro atoms. The number of hydrogen-bond acceptors (Lipinski definition) is 6. The highest BCUT2D eigenvalue weighted by atomic mass is 32.2. The van der Waals surface area contributed by atoms with E-state index in [2.05, 4.69) is 42.7 Å². The van der Waals surface area contributed by atoms with Crippen LogP contribution in [0.1, 0.15) is 73.4 Å². The van der Waals surface area contributed by atoms with Crippen LogP contribution < -0.4 is 10.6 Å². The summed E-state index contributed by atoms with van der Waals surface area (Å²) < 4.78 is 4.96. The first-order valence-electron chi connectivity index (χ1n) is 14.3. The summed E-state index contributed by atoms with van der Waals surface area (Å²) in [6.45, 7) is 5.06. The maximum atomic E-state index is 13.5. The number of carbonyl (C=O) groups excluding carboxylic acids is 2. The molecule has 5 nitrogen and oxygen atoms in total. The molecule has 1 unspecified atom stereocenters. The number of carbonyl (C=O) groups is 2. The van der Waals surface area contributed by atoms with Crippen molar-refractivity contribution < 1.29 is 14.3 Å². The molecule has 1 saturated carbocycles. The maximum absolute atomic E-state index is 13.5. The monoisotopic (exact) mass is 570 g/mol. The molecule has 7 heteroatoms. The molecule has 2 atom stereocenters. The molecular weight excluding hydrogens is 524 g/mol. The number of aryl methyl sites for hydroxylation is 1. The summed E-state index contributed by atoms with van der Waals surface area (Å²) in [6, 6.07) is 14.1. The Balaban J connectivity index is 1.83. The molecular formula is C32H46N2O3S2. The SMILES string of the molecule is CCSCC(CC1CCCCC1)NCc1ccc(C(=O)N[C@@H](CCSC)C(=O)OC)c(-c2ccccc2C)c1. The number of rotatable bonds is 15. The van der Waals surface area contributed by atoms with Crippen molar-refractivity contribution in [2.24, 2.45) is 5.92 Å². The van der Waals surface area contributed by atoms with Crippen LogP contribution >= 0.6 is 23.5 Å². The lowest BCUT2D eigenvalue weighted by atomic mass is 9.85. The van der Waals surface area contributed by atoms with Gasteiger partial charge in [-0.15, -0.1) is 0 Å². The molecule has 0 radical (unpaired) electrons. The van der Waals surface area contributed by atoms with E-state index in [4.69, 9.17) is 4.74 Å². The van der Waals surface area contributed by atoms with E-state index in [0.717, 1.165) is 52.0 Å². The lowest BCUT2D eigenvalue weighted by Gasteiger charge is -2.27. The first kappa shape index (κ1) is 31.6. The van der Waals surface area contributed by atoms with Crippen molar-refractivity contribution in [2.45, 2.75) is 77.4 Å². The molecule has 1 amide bonds. The van der Waals surface area contributed by atoms with Crippen LogP contribution in [-0.2, 0) is 16.1 Å². The minimum absolute atomic E-state index is 0.251. The predicted molar refractivity (Wildman–Crippen MR) is 168 cm³/mol. The van der Waals surface area contributed by atoms with Crippen LogP contribution in [0.4, 0.5) is 0 Å². The van der Waals surface area contributed by atoms with Crippen molar-refractivity contribution in [3.05, 3.63) is 59.2 Å². The van der Waals surface area contributed by atoms with Crippen molar-refractivity contribution >= 4 is 35.4 Å². The number of amides is 1. The van der Waals surface area contributed by atoms with Crippen molar-refractivity contribution in [1.29, 1.82) is 0 Å². The lowest BCUT2D eigenvalue weighted by Crippen LogP contribution is -2.42. The molecule has 2 aromatic rings. The van der Waals surface area contributed by atoms with Gasteiger partial charge in [-0.05, 0) is 77.8 Å². The van der Waals surface area contributed by atoms with Gasteiger partial charge in [-0.1, -0.05) is 69.4 Å². The predicted octanol–water partition coefficient (Wildman–Crippen LogP) is 6.87. The molecule has 39 heavy (non-hydrogen) atoms. The molecule has 0 bridgehead atoms. The summed E-state index contributed by atoms with van der Waals surface area (Å²) in [4.78, 5) is 25.9. The molecule has 1 aliphatic rings. The second kappa shape index (κ2) is 17.0. The van der Waals surface area contributed by atoms with E-state index in [-0.39, 0.29) is 5.91 Å². The van der Waals surface area contributed by atoms with Gasteiger partial charge in [-0.25, -0.2) is 4.79 Å². The normalized spacial score (nSPS) is 15.5. The van der Waals surface area contributed by atoms with Crippen molar-refractivity contribution in [3.8, 4) is 11.1 Å². The number of hydrogen-bond donors (Lipinski definition) is 2. The van der Waals surface area contributed by atoms with Gasteiger partial charge in [-0.2, -0.15) is 23.5 Å². The largest absolute Gasteiger partial charge is 0.467 e. The fourth-order valence-electron chi connectivity index (χ4n) is 5.42. The van der Waals surface area contributed by atoms with Crippen LogP contribution in [0.2, 0.25) is 0 Å². The number of methoxy groups -OCH3 is 1. The fourth-order valence-corrected chi connectivity index (χ4v) is 6.66. The minimum Gasteiger partial charge on any atom is -0.467 e. The molecule has 2 N–H and O–H groups in total. The van der Waals surface area contributed by atoms with Gasteiger partial charge in [0.05, 0.1) is 7.11 Å². The maximum Gasteiger partial charge on any atom is 0.328 e. The topological polar surface area (TPSA) is 67.4 Å². The van der Waals surface area contributed by atoms with Gasteiger partial charge in [0.2, 0.25) is 0 Å². The first-order valence-corrected chi connectivity index (χ1v) is 16.9. The lowest BCUT2D eigenvalue weighted by molar-refractivity contribution is -0.142. The third-order valence-corrected chi connectivity index (χ3v) is 9.32. The number of nitrogens with one attached hydrogen (secondary N) is 2. The Hall–Kier alpha value is -1.96. The van der Waals surface area contributed by atoms with Gasteiger partial charge in [-0.3, -0.25) is 4.79 Å². The number of thioether (sulfide) groups is 2. The molecule has 0 saturated heterocycles. The summed E-state index contributed by atoms with van der Waals surface area (Å²) in [5, 5.41) is 6.79. The standard InChI is InChI=1S/C32H46N2O3S2/c1-5-39-22-26(19-24-12-7-6-8-13-24)33-21-25-15-16-28(29(20-25)27-14-10-9-11-23(27)2)31(35)34-30(17-18-38-4)32(36)37-3/h9-11,14-16,20,24,26,30,33H,5-8,12-13,17-19,21-22H2,1-4H3,(H,34,35)/t26?,30-/m0/s1. The number of ether oxygens (including phenoxy) is 1. The van der Waals surface area contributed by atoms with E-state index in [1.54, 1.807) is 11.8 Å². The highest BCUT2D eigenvalue weighted by Crippen LogP contribution is 2.30. The summed E-state index contributed by atoms with van der Waals surface area (Å²) >= 11 is 3.65. The van der Waals surface area contributed by atoms with E-state index in [1.807, 2.05) is 42.3 Å². The summed E-state index contributed by atoms with van der Waals surface area (Å²) in [5.74, 6) is 3.18. The minimum atomic E-state index is -0.669. The van der Waals surface area contributed by atoms with Gasteiger partial charge < -0.3 is 15.4 Å². The van der Waals surface area contributed by atoms with Crippen LogP contribution in [0.25, 0.3) is 11.1 Å². The molecule has 2 aromatic carbocycles. The number of benzene rings is 2. The Morgan fingerprint density at radius 1 is 1.08 bits per heavy atom. The zero-order valence-corrected chi connectivity index (χ0v) is 25.7. The summed E-state index contributed by atoms with van der Waals surface area (Å²) in [6.07, 6.45) is 10.6. The van der Waals surface area contributed by atoms with Gasteiger partial charge in [0.25, 0.3) is 5.91 Å². The quantitative estimate of drug-likeness (QED) is 0.228. The second-order valence-electron chi connectivity index (χ2n) is 10.5. The van der Waals surface area contributed by atoms with Gasteiger partial charge in [0.15, 0.2) is 0 Å². The first-order chi connectivity index (χ1) is 19.0. The van der Waals surface area contributed by atoms with Crippen LogP contribution in [0.15, 0.2) is 42.5 Å². The molecule has 3 rings (SSSR count). The Kier molecular flexibility index (Phi) is 13.7. The van der Waals surface area contributed by atoms with Crippen molar-refractivity contribution in [3.63, 3.8) is 0 Å². The third kappa shape index (κ3) is 9.87. The van der Waals surface area contributed by atoms with Crippen LogP contribution in [0.3, 0.4) is 0 Å². The highest BCUT2D eigenvalue weighted by Gasteiger charge is 2.24. The zero-order chi connectivity index (χ0) is 28.0. The molecule has 1 fully saturated rings.